The fourth-order valence-electron chi connectivity index (χ4n) is 2.11. The summed E-state index contributed by atoms with van der Waals surface area (Å²) in [5, 5.41) is 0.645. The van der Waals surface area contributed by atoms with Crippen molar-refractivity contribution in [2.45, 2.75) is 49.3 Å². The third kappa shape index (κ3) is 2.80. The minimum atomic E-state index is 0.256. The van der Waals surface area contributed by atoms with Crippen LogP contribution in [0, 0.1) is 5.92 Å². The van der Waals surface area contributed by atoms with Crippen LogP contribution in [0.4, 0.5) is 0 Å². The molecule has 0 amide bonds. The second-order valence-corrected chi connectivity index (χ2v) is 6.60. The smallest absolute Gasteiger partial charge is 0.0323 e. The van der Waals surface area contributed by atoms with E-state index < -0.39 is 0 Å². The molecule has 0 bridgehead atoms. The Morgan fingerprint density at radius 2 is 1.81 bits per heavy atom. The van der Waals surface area contributed by atoms with E-state index in [9.17, 15) is 0 Å². The van der Waals surface area contributed by atoms with Gasteiger partial charge in [-0.1, -0.05) is 32.4 Å². The predicted molar refractivity (Wildman–Crippen MR) is 71.7 cm³/mol. The summed E-state index contributed by atoms with van der Waals surface area (Å²) >= 11 is 1.91. The molecule has 1 aromatic carbocycles. The molecule has 1 aromatic rings. The topological polar surface area (TPSA) is 26.0 Å². The van der Waals surface area contributed by atoms with Crippen LogP contribution in [0.15, 0.2) is 29.2 Å². The summed E-state index contributed by atoms with van der Waals surface area (Å²) < 4.78 is 0. The number of nitrogens with two attached hydrogens (primary N) is 1. The summed E-state index contributed by atoms with van der Waals surface area (Å²) in [6, 6.07) is 9.07. The molecular weight excluding hydrogens is 214 g/mol. The van der Waals surface area contributed by atoms with E-state index in [-0.39, 0.29) is 6.04 Å². The lowest BCUT2D eigenvalue weighted by atomic mass is 9.78. The quantitative estimate of drug-likeness (QED) is 0.799. The van der Waals surface area contributed by atoms with E-state index in [0.29, 0.717) is 5.25 Å². The molecular formula is C14H21NS. The lowest BCUT2D eigenvalue weighted by Gasteiger charge is -2.31. The molecule has 0 saturated heterocycles. The number of hydrogen-bond donors (Lipinski definition) is 1. The van der Waals surface area contributed by atoms with Crippen molar-refractivity contribution in [3.63, 3.8) is 0 Å². The van der Waals surface area contributed by atoms with Crippen molar-refractivity contribution in [2.75, 3.05) is 0 Å². The molecule has 88 valence electrons. The van der Waals surface area contributed by atoms with Gasteiger partial charge in [0.25, 0.3) is 0 Å². The molecule has 0 heterocycles. The molecule has 0 radical (unpaired) electrons. The highest BCUT2D eigenvalue weighted by atomic mass is 32.2. The predicted octanol–water partition coefficient (Wildman–Crippen LogP) is 3.99. The molecule has 0 spiro atoms. The third-order valence-electron chi connectivity index (χ3n) is 3.29. The Morgan fingerprint density at radius 3 is 2.25 bits per heavy atom. The van der Waals surface area contributed by atoms with Gasteiger partial charge in [0.2, 0.25) is 0 Å². The SMILES string of the molecule is CC(C)Sc1ccc(C(N)C2CCC2)cc1. The Hall–Kier alpha value is -0.470. The second-order valence-electron chi connectivity index (χ2n) is 4.95. The van der Waals surface area contributed by atoms with Gasteiger partial charge in [-0.05, 0) is 36.5 Å². The van der Waals surface area contributed by atoms with Gasteiger partial charge in [-0.25, -0.2) is 0 Å². The number of benzene rings is 1. The zero-order valence-electron chi connectivity index (χ0n) is 10.1. The molecule has 1 atom stereocenters. The maximum atomic E-state index is 6.24. The molecule has 0 aliphatic heterocycles. The van der Waals surface area contributed by atoms with Crippen LogP contribution in [0.3, 0.4) is 0 Å². The van der Waals surface area contributed by atoms with Crippen molar-refractivity contribution >= 4 is 11.8 Å². The summed E-state index contributed by atoms with van der Waals surface area (Å²) in [7, 11) is 0. The first kappa shape index (κ1) is 12.0. The Bertz CT molecular complexity index is 327. The Kier molecular flexibility index (Phi) is 3.93. The first-order valence-electron chi connectivity index (χ1n) is 6.19. The monoisotopic (exact) mass is 235 g/mol. The van der Waals surface area contributed by atoms with Crippen molar-refractivity contribution < 1.29 is 0 Å². The van der Waals surface area contributed by atoms with Gasteiger partial charge in [0.1, 0.15) is 0 Å². The lowest BCUT2D eigenvalue weighted by molar-refractivity contribution is 0.264. The van der Waals surface area contributed by atoms with Gasteiger partial charge in [-0.2, -0.15) is 0 Å². The first-order valence-corrected chi connectivity index (χ1v) is 7.07. The minimum absolute atomic E-state index is 0.256. The van der Waals surface area contributed by atoms with Gasteiger partial charge in [0, 0.05) is 16.2 Å². The molecule has 1 aliphatic carbocycles. The van der Waals surface area contributed by atoms with Crippen molar-refractivity contribution in [1.29, 1.82) is 0 Å². The summed E-state index contributed by atoms with van der Waals surface area (Å²) in [6.45, 7) is 4.44. The molecule has 2 N–H and O–H groups in total. The van der Waals surface area contributed by atoms with Crippen LogP contribution in [0.5, 0.6) is 0 Å². The van der Waals surface area contributed by atoms with Gasteiger partial charge in [0.05, 0.1) is 0 Å². The molecule has 1 aliphatic rings. The van der Waals surface area contributed by atoms with Crippen LogP contribution in [-0.4, -0.2) is 5.25 Å². The molecule has 1 fully saturated rings. The third-order valence-corrected chi connectivity index (χ3v) is 4.31. The van der Waals surface area contributed by atoms with Crippen LogP contribution >= 0.6 is 11.8 Å². The fourth-order valence-corrected chi connectivity index (χ4v) is 2.95. The van der Waals surface area contributed by atoms with Gasteiger partial charge in [-0.3, -0.25) is 0 Å². The zero-order valence-corrected chi connectivity index (χ0v) is 11.0. The Labute approximate surface area is 103 Å². The van der Waals surface area contributed by atoms with E-state index in [0.717, 1.165) is 5.92 Å². The highest BCUT2D eigenvalue weighted by Crippen LogP contribution is 2.36. The molecule has 1 unspecified atom stereocenters. The summed E-state index contributed by atoms with van der Waals surface area (Å²) in [4.78, 5) is 1.35. The molecule has 16 heavy (non-hydrogen) atoms. The van der Waals surface area contributed by atoms with Crippen LogP contribution in [0.25, 0.3) is 0 Å². The largest absolute Gasteiger partial charge is 0.324 e. The van der Waals surface area contributed by atoms with E-state index >= 15 is 0 Å². The average Bonchev–Trinajstić information content (AvgIpc) is 2.15. The van der Waals surface area contributed by atoms with Crippen molar-refractivity contribution in [3.05, 3.63) is 29.8 Å². The Balaban J connectivity index is 2.00. The maximum Gasteiger partial charge on any atom is 0.0323 e. The number of thioether (sulfide) groups is 1. The second kappa shape index (κ2) is 5.24. The molecule has 2 heteroatoms. The van der Waals surface area contributed by atoms with Gasteiger partial charge in [0.15, 0.2) is 0 Å². The zero-order chi connectivity index (χ0) is 11.5. The average molecular weight is 235 g/mol. The Morgan fingerprint density at radius 1 is 1.19 bits per heavy atom. The van der Waals surface area contributed by atoms with Crippen LogP contribution in [0.2, 0.25) is 0 Å². The summed E-state index contributed by atoms with van der Waals surface area (Å²) in [5.74, 6) is 0.726. The normalized spacial score (nSPS) is 18.5. The van der Waals surface area contributed by atoms with Crippen molar-refractivity contribution in [2.24, 2.45) is 11.7 Å². The van der Waals surface area contributed by atoms with Gasteiger partial charge < -0.3 is 5.73 Å². The van der Waals surface area contributed by atoms with E-state index in [1.165, 1.54) is 29.7 Å². The minimum Gasteiger partial charge on any atom is -0.324 e. The highest BCUT2D eigenvalue weighted by Gasteiger charge is 2.25. The van der Waals surface area contributed by atoms with Crippen molar-refractivity contribution in [1.82, 2.24) is 0 Å². The van der Waals surface area contributed by atoms with E-state index in [1.807, 2.05) is 11.8 Å². The van der Waals surface area contributed by atoms with E-state index in [2.05, 4.69) is 38.1 Å². The molecule has 1 nitrogen and oxygen atoms in total. The maximum absolute atomic E-state index is 6.24. The standard InChI is InChI=1S/C14H21NS/c1-10(2)16-13-8-6-12(7-9-13)14(15)11-4-3-5-11/h6-11,14H,3-5,15H2,1-2H3. The number of rotatable bonds is 4. The summed E-state index contributed by atoms with van der Waals surface area (Å²) in [5.41, 5.74) is 7.55. The lowest BCUT2D eigenvalue weighted by Crippen LogP contribution is -2.26. The molecule has 0 aromatic heterocycles. The van der Waals surface area contributed by atoms with E-state index in [4.69, 9.17) is 5.73 Å². The van der Waals surface area contributed by atoms with Crippen LogP contribution in [0.1, 0.15) is 44.7 Å². The summed E-state index contributed by atoms with van der Waals surface area (Å²) in [6.07, 6.45) is 3.98. The van der Waals surface area contributed by atoms with E-state index in [1.54, 1.807) is 0 Å². The van der Waals surface area contributed by atoms with Crippen LogP contribution < -0.4 is 5.73 Å². The van der Waals surface area contributed by atoms with Gasteiger partial charge in [-0.15, -0.1) is 11.8 Å². The van der Waals surface area contributed by atoms with Gasteiger partial charge >= 0.3 is 0 Å². The first-order chi connectivity index (χ1) is 7.66. The van der Waals surface area contributed by atoms with Crippen molar-refractivity contribution in [3.8, 4) is 0 Å². The van der Waals surface area contributed by atoms with Crippen LogP contribution in [-0.2, 0) is 0 Å². The molecule has 2 rings (SSSR count). The number of hydrogen-bond acceptors (Lipinski definition) is 2. The highest BCUT2D eigenvalue weighted by molar-refractivity contribution is 7.99. The molecule has 1 saturated carbocycles. The fraction of sp³-hybridized carbons (Fsp3) is 0.571.